The molecule has 4 heterocycles. The van der Waals surface area contributed by atoms with Crippen LogP contribution in [0.25, 0.3) is 16.5 Å². The Balaban J connectivity index is 0.995. The standard InChI is InChI=1S/C42H46N10O3/c1-5-6-9-30-23-40(52(49-30)31-14-12-28(2)13-15-31)48-42(54)46-35-16-17-37(34-11-8-7-10-33(34)35)55-27-29-18-20-43-38(22-29)47-39-25-44-36(24-45-39)41(53)51-21-19-32(26-51)50(3)4/h7-8,10-18,20,22-25,32H,5-6,9,19,21,26-27H2,1-4H3,(H,43,45,47)(H2,46,48,54). The summed E-state index contributed by atoms with van der Waals surface area (Å²) in [6.07, 6.45) is 8.59. The van der Waals surface area contributed by atoms with Crippen LogP contribution in [-0.2, 0) is 13.0 Å². The van der Waals surface area contributed by atoms with Gasteiger partial charge in [0.2, 0.25) is 0 Å². The summed E-state index contributed by atoms with van der Waals surface area (Å²) >= 11 is 0. The van der Waals surface area contributed by atoms with Crippen LogP contribution in [0.1, 0.15) is 53.5 Å². The van der Waals surface area contributed by atoms with Crippen LogP contribution in [0.3, 0.4) is 0 Å². The first kappa shape index (κ1) is 37.0. The lowest BCUT2D eigenvalue weighted by atomic mass is 10.1. The number of fused-ring (bicyclic) bond motifs is 1. The van der Waals surface area contributed by atoms with Gasteiger partial charge < -0.3 is 25.2 Å². The lowest BCUT2D eigenvalue weighted by molar-refractivity contribution is 0.0777. The normalized spacial score (nSPS) is 14.0. The number of benzene rings is 3. The number of pyridine rings is 1. The number of carbonyl (C=O) groups excluding carboxylic acids is 2. The third-order valence-corrected chi connectivity index (χ3v) is 9.73. The van der Waals surface area contributed by atoms with Crippen molar-refractivity contribution in [2.75, 3.05) is 43.1 Å². The quantitative estimate of drug-likeness (QED) is 0.109. The number of unbranched alkanes of at least 4 members (excludes halogenated alkanes) is 1. The predicted molar refractivity (Wildman–Crippen MR) is 215 cm³/mol. The number of anilines is 4. The number of likely N-dealkylation sites (tertiary alicyclic amines) is 1. The monoisotopic (exact) mass is 738 g/mol. The second-order valence-electron chi connectivity index (χ2n) is 14.0. The van der Waals surface area contributed by atoms with Crippen molar-refractivity contribution >= 4 is 45.9 Å². The highest BCUT2D eigenvalue weighted by Gasteiger charge is 2.29. The second-order valence-corrected chi connectivity index (χ2v) is 14.0. The number of likely N-dealkylation sites (N-methyl/N-ethyl adjacent to an activating group) is 1. The van der Waals surface area contributed by atoms with Crippen LogP contribution in [0.2, 0.25) is 0 Å². The summed E-state index contributed by atoms with van der Waals surface area (Å²) in [5, 5.41) is 15.7. The van der Waals surface area contributed by atoms with Gasteiger partial charge in [0.15, 0.2) is 0 Å². The summed E-state index contributed by atoms with van der Waals surface area (Å²) in [5.41, 5.74) is 4.80. The van der Waals surface area contributed by atoms with Gasteiger partial charge in [-0.25, -0.2) is 24.4 Å². The minimum absolute atomic E-state index is 0.112. The van der Waals surface area contributed by atoms with E-state index in [2.05, 4.69) is 42.7 Å². The highest BCUT2D eigenvalue weighted by atomic mass is 16.5. The van der Waals surface area contributed by atoms with Crippen LogP contribution in [-0.4, -0.2) is 79.7 Å². The number of hydrogen-bond donors (Lipinski definition) is 3. The maximum Gasteiger partial charge on any atom is 0.324 e. The van der Waals surface area contributed by atoms with Crippen molar-refractivity contribution in [3.63, 3.8) is 0 Å². The molecule has 13 nitrogen and oxygen atoms in total. The molecule has 1 aliphatic rings. The molecular formula is C42H46N10O3. The van der Waals surface area contributed by atoms with E-state index in [1.807, 2.05) is 105 Å². The van der Waals surface area contributed by atoms with Gasteiger partial charge in [0.1, 0.15) is 35.5 Å². The van der Waals surface area contributed by atoms with Crippen LogP contribution in [0, 0.1) is 6.92 Å². The van der Waals surface area contributed by atoms with Gasteiger partial charge in [-0.1, -0.05) is 55.3 Å². The summed E-state index contributed by atoms with van der Waals surface area (Å²) in [6, 6.07) is 25.2. The Morgan fingerprint density at radius 1 is 0.909 bits per heavy atom. The van der Waals surface area contributed by atoms with E-state index >= 15 is 0 Å². The molecule has 3 N–H and O–H groups in total. The molecule has 1 fully saturated rings. The number of nitrogens with zero attached hydrogens (tertiary/aromatic N) is 7. The topological polar surface area (TPSA) is 142 Å². The summed E-state index contributed by atoms with van der Waals surface area (Å²) in [6.45, 7) is 5.86. The molecule has 0 aliphatic carbocycles. The predicted octanol–water partition coefficient (Wildman–Crippen LogP) is 7.60. The van der Waals surface area contributed by atoms with E-state index in [-0.39, 0.29) is 18.5 Å². The van der Waals surface area contributed by atoms with Gasteiger partial charge in [-0.3, -0.25) is 10.1 Å². The van der Waals surface area contributed by atoms with E-state index in [9.17, 15) is 9.59 Å². The number of hydrogen-bond acceptors (Lipinski definition) is 9. The first-order valence-electron chi connectivity index (χ1n) is 18.6. The Hall–Kier alpha value is -6.34. The molecule has 1 unspecified atom stereocenters. The Labute approximate surface area is 320 Å². The Bertz CT molecular complexity index is 2270. The van der Waals surface area contributed by atoms with Crippen LogP contribution in [0.4, 0.5) is 27.9 Å². The van der Waals surface area contributed by atoms with Crippen LogP contribution in [0.5, 0.6) is 5.75 Å². The molecule has 282 valence electrons. The molecule has 3 amide bonds. The van der Waals surface area contributed by atoms with E-state index in [4.69, 9.17) is 9.84 Å². The van der Waals surface area contributed by atoms with Crippen molar-refractivity contribution in [1.82, 2.24) is 34.5 Å². The molecule has 55 heavy (non-hydrogen) atoms. The molecule has 0 saturated carbocycles. The summed E-state index contributed by atoms with van der Waals surface area (Å²) < 4.78 is 8.10. The molecule has 1 saturated heterocycles. The lowest BCUT2D eigenvalue weighted by Crippen LogP contribution is -2.34. The van der Waals surface area contributed by atoms with Crippen molar-refractivity contribution in [1.29, 1.82) is 0 Å². The average Bonchev–Trinajstić information content (AvgIpc) is 3.85. The number of rotatable bonds is 13. The minimum Gasteiger partial charge on any atom is -0.488 e. The third-order valence-electron chi connectivity index (χ3n) is 9.73. The molecule has 3 aromatic heterocycles. The highest BCUT2D eigenvalue weighted by Crippen LogP contribution is 2.33. The Morgan fingerprint density at radius 2 is 1.73 bits per heavy atom. The second kappa shape index (κ2) is 16.8. The number of nitrogens with one attached hydrogen (secondary N) is 3. The lowest BCUT2D eigenvalue weighted by Gasteiger charge is -2.20. The largest absolute Gasteiger partial charge is 0.488 e. The fourth-order valence-corrected chi connectivity index (χ4v) is 6.60. The fourth-order valence-electron chi connectivity index (χ4n) is 6.60. The molecule has 7 rings (SSSR count). The van der Waals surface area contributed by atoms with E-state index in [0.29, 0.717) is 53.7 Å². The molecule has 6 aromatic rings. The van der Waals surface area contributed by atoms with E-state index < -0.39 is 0 Å². The zero-order chi connectivity index (χ0) is 38.3. The van der Waals surface area contributed by atoms with E-state index in [1.54, 1.807) is 17.1 Å². The van der Waals surface area contributed by atoms with Gasteiger partial charge in [0.05, 0.1) is 29.5 Å². The van der Waals surface area contributed by atoms with E-state index in [0.717, 1.165) is 59.0 Å². The molecule has 0 bridgehead atoms. The van der Waals surface area contributed by atoms with Gasteiger partial charge in [0, 0.05) is 42.2 Å². The smallest absolute Gasteiger partial charge is 0.324 e. The minimum atomic E-state index is -0.374. The van der Waals surface area contributed by atoms with Crippen LogP contribution < -0.4 is 20.7 Å². The van der Waals surface area contributed by atoms with Crippen molar-refractivity contribution in [2.45, 2.75) is 52.2 Å². The van der Waals surface area contributed by atoms with Gasteiger partial charge in [-0.15, -0.1) is 0 Å². The number of aromatic nitrogens is 5. The SMILES string of the molecule is CCCCc1cc(NC(=O)Nc2ccc(OCc3ccnc(Nc4cnc(C(=O)N5CCC(N(C)C)C5)cn4)c3)c3ccccc23)n(-c2ccc(C)cc2)n1. The van der Waals surface area contributed by atoms with Crippen LogP contribution in [0.15, 0.2) is 97.5 Å². The van der Waals surface area contributed by atoms with Crippen molar-refractivity contribution in [3.8, 4) is 11.4 Å². The average molecular weight is 739 g/mol. The van der Waals surface area contributed by atoms with Gasteiger partial charge in [0.25, 0.3) is 5.91 Å². The summed E-state index contributed by atoms with van der Waals surface area (Å²) in [7, 11) is 4.06. The van der Waals surface area contributed by atoms with Crippen molar-refractivity contribution in [3.05, 3.63) is 120 Å². The summed E-state index contributed by atoms with van der Waals surface area (Å²) in [4.78, 5) is 43.6. The highest BCUT2D eigenvalue weighted by molar-refractivity contribution is 6.07. The molecule has 3 aromatic carbocycles. The van der Waals surface area contributed by atoms with Gasteiger partial charge >= 0.3 is 6.03 Å². The van der Waals surface area contributed by atoms with Crippen molar-refractivity contribution < 1.29 is 14.3 Å². The molecule has 0 radical (unpaired) electrons. The first-order chi connectivity index (χ1) is 26.7. The fraction of sp³-hybridized carbons (Fsp3) is 0.286. The summed E-state index contributed by atoms with van der Waals surface area (Å²) in [5.74, 6) is 2.20. The number of carbonyl (C=O) groups is 2. The molecular weight excluding hydrogens is 693 g/mol. The maximum atomic E-state index is 13.4. The number of aryl methyl sites for hydroxylation is 2. The number of urea groups is 1. The van der Waals surface area contributed by atoms with Gasteiger partial charge in [-0.05, 0) is 82.2 Å². The van der Waals surface area contributed by atoms with Gasteiger partial charge in [-0.2, -0.15) is 5.10 Å². The zero-order valence-electron chi connectivity index (χ0n) is 31.6. The Kier molecular flexibility index (Phi) is 11.3. The van der Waals surface area contributed by atoms with E-state index in [1.165, 1.54) is 6.20 Å². The zero-order valence-corrected chi connectivity index (χ0v) is 31.6. The molecule has 13 heteroatoms. The molecule has 0 spiro atoms. The number of ether oxygens (including phenoxy) is 1. The van der Waals surface area contributed by atoms with Crippen LogP contribution >= 0.6 is 0 Å². The van der Waals surface area contributed by atoms with Crippen molar-refractivity contribution in [2.24, 2.45) is 0 Å². The molecule has 1 atom stereocenters. The molecule has 1 aliphatic heterocycles. The third kappa shape index (κ3) is 8.90. The Morgan fingerprint density at radius 3 is 2.47 bits per heavy atom. The first-order valence-corrected chi connectivity index (χ1v) is 18.6. The maximum absolute atomic E-state index is 13.4. The number of amides is 3.